The summed E-state index contributed by atoms with van der Waals surface area (Å²) >= 11 is 0. The average Bonchev–Trinajstić information content (AvgIpc) is 2.17. The fourth-order valence-corrected chi connectivity index (χ4v) is 2.02. The lowest BCUT2D eigenvalue weighted by Crippen LogP contribution is -2.10. The maximum atomic E-state index is 11.2. The molecule has 0 spiro atoms. The van der Waals surface area contributed by atoms with Crippen LogP contribution in [-0.2, 0) is 4.79 Å². The van der Waals surface area contributed by atoms with Crippen molar-refractivity contribution in [3.63, 3.8) is 0 Å². The van der Waals surface area contributed by atoms with Gasteiger partial charge < -0.3 is 0 Å². The molecule has 1 rings (SSSR count). The lowest BCUT2D eigenvalue weighted by atomic mass is 9.84. The van der Waals surface area contributed by atoms with E-state index >= 15 is 0 Å². The van der Waals surface area contributed by atoms with Crippen LogP contribution in [0.2, 0.25) is 0 Å². The van der Waals surface area contributed by atoms with E-state index in [0.717, 1.165) is 25.7 Å². The molecular weight excluding hydrogens is 174 g/mol. The fraction of sp³-hybridized carbons (Fsp3) is 0.667. The Hall–Kier alpha value is -1.10. The molecule has 0 heterocycles. The molecule has 0 amide bonds. The SMILES string of the molecule is CCCC(CC#N)C1=CC(=O)CCC1. The highest BCUT2D eigenvalue weighted by molar-refractivity contribution is 5.91. The Labute approximate surface area is 85.6 Å². The normalized spacial score (nSPS) is 18.6. The third kappa shape index (κ3) is 2.99. The van der Waals surface area contributed by atoms with Crippen molar-refractivity contribution in [2.24, 2.45) is 5.92 Å². The molecule has 1 aliphatic carbocycles. The Kier molecular flexibility index (Phi) is 4.39. The van der Waals surface area contributed by atoms with E-state index in [4.69, 9.17) is 5.26 Å². The number of carbonyl (C=O) groups is 1. The first-order valence-corrected chi connectivity index (χ1v) is 5.38. The van der Waals surface area contributed by atoms with E-state index in [1.165, 1.54) is 5.57 Å². The zero-order valence-electron chi connectivity index (χ0n) is 8.75. The summed E-state index contributed by atoms with van der Waals surface area (Å²) in [5.41, 5.74) is 1.21. The minimum Gasteiger partial charge on any atom is -0.295 e. The minimum atomic E-state index is 0.241. The van der Waals surface area contributed by atoms with Crippen molar-refractivity contribution < 1.29 is 4.79 Å². The Morgan fingerprint density at radius 3 is 2.93 bits per heavy atom. The summed E-state index contributed by atoms with van der Waals surface area (Å²) in [6.07, 6.45) is 7.13. The summed E-state index contributed by atoms with van der Waals surface area (Å²) in [7, 11) is 0. The number of rotatable bonds is 4. The molecular formula is C12H17NO. The molecule has 14 heavy (non-hydrogen) atoms. The summed E-state index contributed by atoms with van der Waals surface area (Å²) in [6, 6.07) is 2.21. The van der Waals surface area contributed by atoms with Gasteiger partial charge in [0.05, 0.1) is 6.07 Å². The molecule has 1 unspecified atom stereocenters. The number of hydrogen-bond donors (Lipinski definition) is 0. The highest BCUT2D eigenvalue weighted by atomic mass is 16.1. The Bertz CT molecular complexity index is 273. The van der Waals surface area contributed by atoms with Gasteiger partial charge in [-0.05, 0) is 31.3 Å². The van der Waals surface area contributed by atoms with Gasteiger partial charge in [0.1, 0.15) is 0 Å². The quantitative estimate of drug-likeness (QED) is 0.685. The van der Waals surface area contributed by atoms with Crippen LogP contribution in [0.25, 0.3) is 0 Å². The van der Waals surface area contributed by atoms with Crippen molar-refractivity contribution in [2.75, 3.05) is 0 Å². The molecule has 0 radical (unpaired) electrons. The lowest BCUT2D eigenvalue weighted by Gasteiger charge is -2.19. The van der Waals surface area contributed by atoms with Gasteiger partial charge in [0.2, 0.25) is 0 Å². The predicted molar refractivity (Wildman–Crippen MR) is 55.6 cm³/mol. The van der Waals surface area contributed by atoms with Gasteiger partial charge >= 0.3 is 0 Å². The summed E-state index contributed by atoms with van der Waals surface area (Å²) in [6.45, 7) is 2.12. The molecule has 2 nitrogen and oxygen atoms in total. The van der Waals surface area contributed by atoms with Gasteiger partial charge in [0, 0.05) is 12.8 Å². The second kappa shape index (κ2) is 5.59. The van der Waals surface area contributed by atoms with Gasteiger partial charge in [0.25, 0.3) is 0 Å². The molecule has 1 atom stereocenters. The van der Waals surface area contributed by atoms with E-state index in [1.54, 1.807) is 6.08 Å². The average molecular weight is 191 g/mol. The summed E-state index contributed by atoms with van der Waals surface area (Å²) < 4.78 is 0. The van der Waals surface area contributed by atoms with Crippen LogP contribution in [0.1, 0.15) is 45.4 Å². The third-order valence-electron chi connectivity index (χ3n) is 2.73. The zero-order valence-corrected chi connectivity index (χ0v) is 8.75. The van der Waals surface area contributed by atoms with Gasteiger partial charge in [-0.25, -0.2) is 0 Å². The molecule has 0 N–H and O–H groups in total. The fourth-order valence-electron chi connectivity index (χ4n) is 2.02. The van der Waals surface area contributed by atoms with Crippen LogP contribution in [0.3, 0.4) is 0 Å². The first-order chi connectivity index (χ1) is 6.77. The van der Waals surface area contributed by atoms with Crippen LogP contribution >= 0.6 is 0 Å². The molecule has 0 saturated carbocycles. The highest BCUT2D eigenvalue weighted by Crippen LogP contribution is 2.28. The summed E-state index contributed by atoms with van der Waals surface area (Å²) in [4.78, 5) is 11.2. The van der Waals surface area contributed by atoms with Gasteiger partial charge in [-0.2, -0.15) is 5.26 Å². The van der Waals surface area contributed by atoms with E-state index in [2.05, 4.69) is 13.0 Å². The topological polar surface area (TPSA) is 40.9 Å². The second-order valence-electron chi connectivity index (χ2n) is 3.89. The number of ketones is 1. The van der Waals surface area contributed by atoms with E-state index in [-0.39, 0.29) is 5.78 Å². The molecule has 0 aromatic heterocycles. The first kappa shape index (κ1) is 11.0. The van der Waals surface area contributed by atoms with Crippen molar-refractivity contribution in [3.05, 3.63) is 11.6 Å². The number of nitrogens with zero attached hydrogens (tertiary/aromatic N) is 1. The molecule has 0 aromatic rings. The molecule has 2 heteroatoms. The van der Waals surface area contributed by atoms with E-state index in [0.29, 0.717) is 18.8 Å². The van der Waals surface area contributed by atoms with Crippen molar-refractivity contribution >= 4 is 5.78 Å². The monoisotopic (exact) mass is 191 g/mol. The molecule has 1 aliphatic rings. The molecule has 0 saturated heterocycles. The van der Waals surface area contributed by atoms with E-state index < -0.39 is 0 Å². The highest BCUT2D eigenvalue weighted by Gasteiger charge is 2.17. The predicted octanol–water partition coefficient (Wildman–Crippen LogP) is 3.00. The summed E-state index contributed by atoms with van der Waals surface area (Å²) in [5.74, 6) is 0.569. The van der Waals surface area contributed by atoms with Crippen molar-refractivity contribution in [2.45, 2.75) is 45.4 Å². The van der Waals surface area contributed by atoms with Crippen molar-refractivity contribution in [1.29, 1.82) is 5.26 Å². The van der Waals surface area contributed by atoms with E-state index in [1.807, 2.05) is 0 Å². The minimum absolute atomic E-state index is 0.241. The molecule has 0 aliphatic heterocycles. The van der Waals surface area contributed by atoms with Gasteiger partial charge in [-0.3, -0.25) is 4.79 Å². The van der Waals surface area contributed by atoms with Crippen LogP contribution in [0.4, 0.5) is 0 Å². The smallest absolute Gasteiger partial charge is 0.155 e. The zero-order chi connectivity index (χ0) is 10.4. The standard InChI is InChI=1S/C12H17NO/c1-2-4-10(7-8-13)11-5-3-6-12(14)9-11/h9-10H,2-7H2,1H3. The third-order valence-corrected chi connectivity index (χ3v) is 2.73. The van der Waals surface area contributed by atoms with Crippen molar-refractivity contribution in [1.82, 2.24) is 0 Å². The van der Waals surface area contributed by atoms with Crippen LogP contribution in [0, 0.1) is 17.2 Å². The molecule has 0 bridgehead atoms. The van der Waals surface area contributed by atoms with Gasteiger partial charge in [0.15, 0.2) is 5.78 Å². The van der Waals surface area contributed by atoms with Crippen LogP contribution in [0.5, 0.6) is 0 Å². The van der Waals surface area contributed by atoms with Gasteiger partial charge in [-0.15, -0.1) is 0 Å². The number of nitriles is 1. The number of hydrogen-bond acceptors (Lipinski definition) is 2. The lowest BCUT2D eigenvalue weighted by molar-refractivity contribution is -0.115. The maximum absolute atomic E-state index is 11.2. The van der Waals surface area contributed by atoms with Crippen LogP contribution in [-0.4, -0.2) is 5.78 Å². The first-order valence-electron chi connectivity index (χ1n) is 5.38. The van der Waals surface area contributed by atoms with Crippen LogP contribution in [0.15, 0.2) is 11.6 Å². The Morgan fingerprint density at radius 1 is 1.57 bits per heavy atom. The molecule has 0 fully saturated rings. The Balaban J connectivity index is 2.66. The van der Waals surface area contributed by atoms with E-state index in [9.17, 15) is 4.79 Å². The number of carbonyl (C=O) groups excluding carboxylic acids is 1. The van der Waals surface area contributed by atoms with Crippen molar-refractivity contribution in [3.8, 4) is 6.07 Å². The second-order valence-corrected chi connectivity index (χ2v) is 3.89. The Morgan fingerprint density at radius 2 is 2.36 bits per heavy atom. The van der Waals surface area contributed by atoms with Gasteiger partial charge in [-0.1, -0.05) is 18.9 Å². The molecule has 76 valence electrons. The maximum Gasteiger partial charge on any atom is 0.155 e. The largest absolute Gasteiger partial charge is 0.295 e. The number of allylic oxidation sites excluding steroid dienone is 2. The molecule has 0 aromatic carbocycles. The van der Waals surface area contributed by atoms with Crippen LogP contribution < -0.4 is 0 Å². The summed E-state index contributed by atoms with van der Waals surface area (Å²) in [5, 5.41) is 8.70.